The third kappa shape index (κ3) is 3.93. The van der Waals surface area contributed by atoms with Crippen molar-refractivity contribution in [3.05, 3.63) is 42.2 Å². The summed E-state index contributed by atoms with van der Waals surface area (Å²) < 4.78 is 10.8. The van der Waals surface area contributed by atoms with Crippen LogP contribution in [0, 0.1) is 11.3 Å². The van der Waals surface area contributed by atoms with E-state index in [1.54, 1.807) is 20.3 Å². The van der Waals surface area contributed by atoms with Crippen LogP contribution in [0.4, 0.5) is 17.2 Å². The maximum absolute atomic E-state index is 9.35. The number of aromatic nitrogens is 2. The van der Waals surface area contributed by atoms with Crippen molar-refractivity contribution in [2.75, 3.05) is 57.7 Å². The Bertz CT molecular complexity index is 1090. The zero-order valence-corrected chi connectivity index (χ0v) is 17.3. The van der Waals surface area contributed by atoms with E-state index in [-0.39, 0.29) is 5.82 Å². The summed E-state index contributed by atoms with van der Waals surface area (Å²) in [6.07, 6.45) is 0. The lowest BCUT2D eigenvalue weighted by atomic mass is 10.2. The molecule has 0 saturated carbocycles. The van der Waals surface area contributed by atoms with Crippen molar-refractivity contribution in [3.63, 3.8) is 0 Å². The Balaban J connectivity index is 1.65. The number of hydrogen-bond acceptors (Lipinski definition) is 8. The number of likely N-dealkylation sites (N-methyl/N-ethyl adjacent to an activating group) is 1. The molecule has 0 spiro atoms. The number of ether oxygens (including phenoxy) is 2. The molecule has 2 aromatic carbocycles. The predicted molar refractivity (Wildman–Crippen MR) is 117 cm³/mol. The van der Waals surface area contributed by atoms with Crippen LogP contribution >= 0.6 is 0 Å². The van der Waals surface area contributed by atoms with Gasteiger partial charge < -0.3 is 24.6 Å². The summed E-state index contributed by atoms with van der Waals surface area (Å²) in [4.78, 5) is 13.4. The van der Waals surface area contributed by atoms with Crippen LogP contribution < -0.4 is 19.7 Å². The normalized spacial score (nSPS) is 14.4. The Kier molecular flexibility index (Phi) is 5.55. The second-order valence-electron chi connectivity index (χ2n) is 7.19. The van der Waals surface area contributed by atoms with Crippen LogP contribution in [-0.2, 0) is 0 Å². The van der Waals surface area contributed by atoms with Crippen molar-refractivity contribution in [2.45, 2.75) is 0 Å². The van der Waals surface area contributed by atoms with Gasteiger partial charge >= 0.3 is 0 Å². The van der Waals surface area contributed by atoms with E-state index in [9.17, 15) is 5.26 Å². The fraction of sp³-hybridized carbons (Fsp3) is 0.318. The van der Waals surface area contributed by atoms with Crippen molar-refractivity contribution in [1.29, 1.82) is 5.26 Å². The number of rotatable bonds is 5. The van der Waals surface area contributed by atoms with Gasteiger partial charge in [0, 0.05) is 49.0 Å². The molecule has 1 saturated heterocycles. The summed E-state index contributed by atoms with van der Waals surface area (Å²) in [6.45, 7) is 4.17. The molecule has 0 unspecified atom stereocenters. The summed E-state index contributed by atoms with van der Waals surface area (Å²) in [5.74, 6) is 1.76. The van der Waals surface area contributed by atoms with Crippen molar-refractivity contribution in [1.82, 2.24) is 14.9 Å². The molecule has 0 atom stereocenters. The van der Waals surface area contributed by atoms with Gasteiger partial charge in [0.25, 0.3) is 0 Å². The zero-order valence-electron chi connectivity index (χ0n) is 17.3. The Labute approximate surface area is 175 Å². The highest BCUT2D eigenvalue weighted by Crippen LogP contribution is 2.35. The van der Waals surface area contributed by atoms with Gasteiger partial charge in [-0.25, -0.2) is 9.97 Å². The number of anilines is 3. The Hall–Kier alpha value is -3.57. The summed E-state index contributed by atoms with van der Waals surface area (Å²) in [5, 5.41) is 13.4. The molecule has 30 heavy (non-hydrogen) atoms. The molecule has 1 aromatic heterocycles. The fourth-order valence-electron chi connectivity index (χ4n) is 3.56. The third-order valence-electron chi connectivity index (χ3n) is 5.30. The van der Waals surface area contributed by atoms with Crippen LogP contribution in [0.5, 0.6) is 11.5 Å². The molecule has 8 heteroatoms. The summed E-state index contributed by atoms with van der Waals surface area (Å²) >= 11 is 0. The van der Waals surface area contributed by atoms with Gasteiger partial charge in [-0.05, 0) is 37.4 Å². The van der Waals surface area contributed by atoms with E-state index >= 15 is 0 Å². The van der Waals surface area contributed by atoms with E-state index in [0.29, 0.717) is 22.8 Å². The molecular formula is C22H24N6O2. The maximum atomic E-state index is 9.35. The van der Waals surface area contributed by atoms with E-state index in [4.69, 9.17) is 9.47 Å². The molecule has 0 aliphatic carbocycles. The Morgan fingerprint density at radius 3 is 2.27 bits per heavy atom. The third-order valence-corrected chi connectivity index (χ3v) is 5.30. The molecule has 3 aromatic rings. The molecule has 1 fully saturated rings. The maximum Gasteiger partial charge on any atom is 0.234 e. The van der Waals surface area contributed by atoms with Gasteiger partial charge in [0.15, 0.2) is 11.5 Å². The second kappa shape index (κ2) is 8.43. The lowest BCUT2D eigenvalue weighted by Crippen LogP contribution is -2.44. The summed E-state index contributed by atoms with van der Waals surface area (Å²) in [7, 11) is 5.30. The largest absolute Gasteiger partial charge is 0.493 e. The van der Waals surface area contributed by atoms with E-state index < -0.39 is 0 Å². The molecular weight excluding hydrogens is 380 g/mol. The van der Waals surface area contributed by atoms with E-state index in [1.807, 2.05) is 24.3 Å². The molecule has 1 N–H and O–H groups in total. The number of piperazine rings is 1. The monoisotopic (exact) mass is 404 g/mol. The predicted octanol–water partition coefficient (Wildman–Crippen LogP) is 3.01. The summed E-state index contributed by atoms with van der Waals surface area (Å²) in [5.41, 5.74) is 2.69. The van der Waals surface area contributed by atoms with Gasteiger partial charge in [-0.1, -0.05) is 0 Å². The minimum absolute atomic E-state index is 0.0891. The van der Waals surface area contributed by atoms with Crippen LogP contribution in [0.2, 0.25) is 0 Å². The second-order valence-corrected chi connectivity index (χ2v) is 7.19. The standard InChI is InChI=1S/C22H24N6O2/c1-27-8-10-28(11-9-27)16-6-4-15(5-7-16)24-22-17-12-19(29-2)20(30-3)13-18(17)25-21(14-23)26-22/h4-7,12-13H,8-11H2,1-3H3,(H,24,25,26). The van der Waals surface area contributed by atoms with E-state index in [0.717, 1.165) is 37.3 Å². The highest BCUT2D eigenvalue weighted by Gasteiger charge is 2.15. The molecule has 1 aliphatic rings. The average Bonchev–Trinajstić information content (AvgIpc) is 2.79. The van der Waals surface area contributed by atoms with Gasteiger partial charge in [0.2, 0.25) is 5.82 Å². The molecule has 8 nitrogen and oxygen atoms in total. The van der Waals surface area contributed by atoms with Crippen LogP contribution in [0.1, 0.15) is 5.82 Å². The average molecular weight is 404 g/mol. The molecule has 0 amide bonds. The number of nitrogens with one attached hydrogen (secondary N) is 1. The van der Waals surface area contributed by atoms with Gasteiger partial charge in [-0.15, -0.1) is 0 Å². The quantitative estimate of drug-likeness (QED) is 0.695. The molecule has 0 bridgehead atoms. The Morgan fingerprint density at radius 2 is 1.63 bits per heavy atom. The molecule has 1 aliphatic heterocycles. The van der Waals surface area contributed by atoms with Crippen LogP contribution in [0.15, 0.2) is 36.4 Å². The number of hydrogen-bond donors (Lipinski definition) is 1. The van der Waals surface area contributed by atoms with Crippen LogP contribution in [0.25, 0.3) is 10.9 Å². The lowest BCUT2D eigenvalue weighted by molar-refractivity contribution is 0.313. The van der Waals surface area contributed by atoms with Gasteiger partial charge in [-0.3, -0.25) is 0 Å². The van der Waals surface area contributed by atoms with E-state index in [2.05, 4.69) is 44.3 Å². The fourth-order valence-corrected chi connectivity index (χ4v) is 3.56. The van der Waals surface area contributed by atoms with Crippen molar-refractivity contribution < 1.29 is 9.47 Å². The van der Waals surface area contributed by atoms with E-state index in [1.165, 1.54) is 5.69 Å². The molecule has 0 radical (unpaired) electrons. The number of benzene rings is 2. The first kappa shape index (κ1) is 19.7. The first-order valence-corrected chi connectivity index (χ1v) is 9.75. The molecule has 154 valence electrons. The molecule has 4 rings (SSSR count). The number of methoxy groups -OCH3 is 2. The number of nitrogens with zero attached hydrogens (tertiary/aromatic N) is 5. The first-order valence-electron chi connectivity index (χ1n) is 9.75. The number of nitriles is 1. The highest BCUT2D eigenvalue weighted by molar-refractivity contribution is 5.93. The van der Waals surface area contributed by atoms with Crippen molar-refractivity contribution >= 4 is 28.1 Å². The topological polar surface area (TPSA) is 86.5 Å². The molecule has 2 heterocycles. The van der Waals surface area contributed by atoms with Gasteiger partial charge in [0.05, 0.1) is 19.7 Å². The smallest absolute Gasteiger partial charge is 0.234 e. The van der Waals surface area contributed by atoms with Crippen molar-refractivity contribution in [2.24, 2.45) is 0 Å². The minimum Gasteiger partial charge on any atom is -0.493 e. The highest BCUT2D eigenvalue weighted by atomic mass is 16.5. The minimum atomic E-state index is 0.0891. The van der Waals surface area contributed by atoms with Crippen LogP contribution in [0.3, 0.4) is 0 Å². The van der Waals surface area contributed by atoms with Gasteiger partial charge in [-0.2, -0.15) is 5.26 Å². The SMILES string of the molecule is COc1cc2nc(C#N)nc(Nc3ccc(N4CCN(C)CC4)cc3)c2cc1OC. The van der Waals surface area contributed by atoms with Crippen molar-refractivity contribution in [3.8, 4) is 17.6 Å². The van der Waals surface area contributed by atoms with Crippen LogP contribution in [-0.4, -0.2) is 62.3 Å². The van der Waals surface area contributed by atoms with Gasteiger partial charge in [0.1, 0.15) is 11.9 Å². The summed E-state index contributed by atoms with van der Waals surface area (Å²) in [6, 6.07) is 13.8. The first-order chi connectivity index (χ1) is 14.6. The lowest BCUT2D eigenvalue weighted by Gasteiger charge is -2.34. The zero-order chi connectivity index (χ0) is 21.1. The Morgan fingerprint density at radius 1 is 0.967 bits per heavy atom. The number of fused-ring (bicyclic) bond motifs is 1.